The van der Waals surface area contributed by atoms with Gasteiger partial charge in [0, 0.05) is 6.20 Å². The smallest absolute Gasteiger partial charge is 0.348 e. The van der Waals surface area contributed by atoms with Crippen LogP contribution in [-0.4, -0.2) is 30.4 Å². The Kier molecular flexibility index (Phi) is 5.88. The number of anilines is 3. The average Bonchev–Trinajstić information content (AvgIpc) is 2.96. The number of nitrogen functional groups attached to an aromatic ring is 1. The number of esters is 1. The summed E-state index contributed by atoms with van der Waals surface area (Å²) in [5.41, 5.74) is 7.79. The fraction of sp³-hybridized carbons (Fsp3) is 0.200. The van der Waals surface area contributed by atoms with Gasteiger partial charge in [-0.15, -0.1) is 11.3 Å². The average molecular weight is 428 g/mol. The van der Waals surface area contributed by atoms with Gasteiger partial charge in [0.1, 0.15) is 15.5 Å². The molecular weight excluding hydrogens is 408 g/mol. The van der Waals surface area contributed by atoms with Crippen LogP contribution in [0.2, 0.25) is 0 Å². The van der Waals surface area contributed by atoms with Crippen molar-refractivity contribution in [3.8, 4) is 0 Å². The summed E-state index contributed by atoms with van der Waals surface area (Å²) in [6.07, 6.45) is 1.17. The number of barbiturate groups is 1. The van der Waals surface area contributed by atoms with Gasteiger partial charge in [0.25, 0.3) is 11.8 Å². The van der Waals surface area contributed by atoms with Gasteiger partial charge in [-0.2, -0.15) is 0 Å². The van der Waals surface area contributed by atoms with Crippen molar-refractivity contribution in [2.45, 2.75) is 20.8 Å². The van der Waals surface area contributed by atoms with Crippen LogP contribution in [0.15, 0.2) is 36.0 Å². The van der Waals surface area contributed by atoms with E-state index in [1.165, 1.54) is 6.20 Å². The van der Waals surface area contributed by atoms with Crippen molar-refractivity contribution in [1.82, 2.24) is 5.32 Å². The Morgan fingerprint density at radius 2 is 2.03 bits per heavy atom. The third kappa shape index (κ3) is 3.90. The van der Waals surface area contributed by atoms with Crippen LogP contribution in [0.25, 0.3) is 0 Å². The number of urea groups is 1. The third-order valence-electron chi connectivity index (χ3n) is 4.36. The molecular formula is C20H20N4O5S. The fourth-order valence-corrected chi connectivity index (χ4v) is 3.81. The molecule has 4 N–H and O–H groups in total. The maximum atomic E-state index is 12.9. The molecule has 10 heteroatoms. The Balaban J connectivity index is 1.90. The summed E-state index contributed by atoms with van der Waals surface area (Å²) in [7, 11) is 0. The standard InChI is InChI=1S/C20H20N4O5S/c1-4-29-19(27)15-11(3)14(21)17(30-15)22-9-13-16(25)23-20(28)24(18(13)26)12-7-5-6-10(2)8-12/h5-9,22H,4,21H2,1-3H3,(H,23,25,28)/b13-9-. The molecule has 0 spiro atoms. The van der Waals surface area contributed by atoms with E-state index in [9.17, 15) is 19.2 Å². The first-order valence-electron chi connectivity index (χ1n) is 9.03. The number of hydrogen-bond acceptors (Lipinski definition) is 8. The number of hydrogen-bond donors (Lipinski definition) is 3. The molecule has 1 aliphatic rings. The number of aryl methyl sites for hydroxylation is 1. The second-order valence-electron chi connectivity index (χ2n) is 6.46. The topological polar surface area (TPSA) is 131 Å². The zero-order valence-corrected chi connectivity index (χ0v) is 17.4. The Bertz CT molecular complexity index is 1090. The minimum Gasteiger partial charge on any atom is -0.462 e. The van der Waals surface area contributed by atoms with Gasteiger partial charge in [0.05, 0.1) is 18.0 Å². The van der Waals surface area contributed by atoms with Gasteiger partial charge in [0.15, 0.2) is 0 Å². The first-order chi connectivity index (χ1) is 14.2. The number of nitrogens with one attached hydrogen (secondary N) is 2. The van der Waals surface area contributed by atoms with E-state index in [0.29, 0.717) is 26.8 Å². The highest BCUT2D eigenvalue weighted by Gasteiger charge is 2.37. The van der Waals surface area contributed by atoms with E-state index in [-0.39, 0.29) is 12.2 Å². The van der Waals surface area contributed by atoms with E-state index in [0.717, 1.165) is 21.8 Å². The summed E-state index contributed by atoms with van der Waals surface area (Å²) < 4.78 is 5.00. The van der Waals surface area contributed by atoms with E-state index in [1.54, 1.807) is 32.0 Å². The maximum absolute atomic E-state index is 12.9. The SMILES string of the molecule is CCOC(=O)c1sc(N/C=C2/C(=O)NC(=O)N(c3cccc(C)c3)C2=O)c(N)c1C. The monoisotopic (exact) mass is 428 g/mol. The van der Waals surface area contributed by atoms with Gasteiger partial charge >= 0.3 is 12.0 Å². The molecule has 1 aromatic heterocycles. The van der Waals surface area contributed by atoms with E-state index in [2.05, 4.69) is 10.6 Å². The normalized spacial score (nSPS) is 15.4. The van der Waals surface area contributed by atoms with Gasteiger partial charge in [-0.1, -0.05) is 12.1 Å². The number of nitrogens with zero attached hydrogens (tertiary/aromatic N) is 1. The lowest BCUT2D eigenvalue weighted by atomic mass is 10.1. The highest BCUT2D eigenvalue weighted by Crippen LogP contribution is 2.36. The Hall–Kier alpha value is -3.66. The molecule has 4 amide bonds. The van der Waals surface area contributed by atoms with Crippen LogP contribution in [-0.2, 0) is 14.3 Å². The largest absolute Gasteiger partial charge is 0.462 e. The van der Waals surface area contributed by atoms with E-state index >= 15 is 0 Å². The van der Waals surface area contributed by atoms with Crippen molar-refractivity contribution < 1.29 is 23.9 Å². The number of thiophene rings is 1. The van der Waals surface area contributed by atoms with Gasteiger partial charge in [-0.05, 0) is 44.0 Å². The molecule has 1 aliphatic heterocycles. The van der Waals surface area contributed by atoms with Crippen LogP contribution in [0.1, 0.15) is 27.7 Å². The predicted molar refractivity (Wildman–Crippen MR) is 113 cm³/mol. The quantitative estimate of drug-likeness (QED) is 0.379. The maximum Gasteiger partial charge on any atom is 0.348 e. The van der Waals surface area contributed by atoms with E-state index in [1.807, 2.05) is 13.0 Å². The zero-order chi connectivity index (χ0) is 22.0. The fourth-order valence-electron chi connectivity index (χ4n) is 2.82. The van der Waals surface area contributed by atoms with Crippen molar-refractivity contribution in [2.24, 2.45) is 0 Å². The van der Waals surface area contributed by atoms with Crippen LogP contribution in [0.4, 0.5) is 21.2 Å². The predicted octanol–water partition coefficient (Wildman–Crippen LogP) is 2.70. The highest BCUT2D eigenvalue weighted by atomic mass is 32.1. The lowest BCUT2D eigenvalue weighted by molar-refractivity contribution is -0.122. The molecule has 1 aromatic carbocycles. The van der Waals surface area contributed by atoms with Crippen molar-refractivity contribution in [3.63, 3.8) is 0 Å². The molecule has 1 fully saturated rings. The minimum atomic E-state index is -0.834. The lowest BCUT2D eigenvalue weighted by Crippen LogP contribution is -2.54. The third-order valence-corrected chi connectivity index (χ3v) is 5.58. The number of carbonyl (C=O) groups is 4. The van der Waals surface area contributed by atoms with Crippen LogP contribution >= 0.6 is 11.3 Å². The summed E-state index contributed by atoms with van der Waals surface area (Å²) in [6, 6.07) is 5.95. The molecule has 9 nitrogen and oxygen atoms in total. The lowest BCUT2D eigenvalue weighted by Gasteiger charge is -2.26. The number of imide groups is 2. The molecule has 1 saturated heterocycles. The van der Waals surface area contributed by atoms with Gasteiger partial charge in [-0.3, -0.25) is 14.9 Å². The molecule has 2 aromatic rings. The highest BCUT2D eigenvalue weighted by molar-refractivity contribution is 7.18. The Morgan fingerprint density at radius 1 is 1.30 bits per heavy atom. The van der Waals surface area contributed by atoms with Crippen molar-refractivity contribution in [3.05, 3.63) is 52.0 Å². The van der Waals surface area contributed by atoms with Gasteiger partial charge in [0.2, 0.25) is 0 Å². The molecule has 2 heterocycles. The second kappa shape index (κ2) is 8.37. The molecule has 3 rings (SSSR count). The molecule has 156 valence electrons. The number of amides is 4. The second-order valence-corrected chi connectivity index (χ2v) is 7.48. The van der Waals surface area contributed by atoms with Gasteiger partial charge in [-0.25, -0.2) is 14.5 Å². The van der Waals surface area contributed by atoms with E-state index in [4.69, 9.17) is 10.5 Å². The molecule has 0 atom stereocenters. The molecule has 0 saturated carbocycles. The molecule has 0 unspecified atom stereocenters. The summed E-state index contributed by atoms with van der Waals surface area (Å²) in [6.45, 7) is 5.41. The van der Waals surface area contributed by atoms with Crippen molar-refractivity contribution >= 4 is 51.5 Å². The first kappa shape index (κ1) is 21.1. The Morgan fingerprint density at radius 3 is 2.70 bits per heavy atom. The van der Waals surface area contributed by atoms with Crippen molar-refractivity contribution in [1.29, 1.82) is 0 Å². The molecule has 0 radical (unpaired) electrons. The minimum absolute atomic E-state index is 0.223. The molecule has 0 bridgehead atoms. The number of rotatable bonds is 5. The van der Waals surface area contributed by atoms with Crippen LogP contribution in [0.5, 0.6) is 0 Å². The molecule has 30 heavy (non-hydrogen) atoms. The van der Waals surface area contributed by atoms with E-state index < -0.39 is 23.8 Å². The van der Waals surface area contributed by atoms with Crippen LogP contribution in [0, 0.1) is 13.8 Å². The number of ether oxygens (including phenoxy) is 1. The van der Waals surface area contributed by atoms with Crippen molar-refractivity contribution in [2.75, 3.05) is 22.6 Å². The summed E-state index contributed by atoms with van der Waals surface area (Å²) >= 11 is 1.05. The van der Waals surface area contributed by atoms with Crippen LogP contribution < -0.4 is 21.3 Å². The molecule has 0 aliphatic carbocycles. The summed E-state index contributed by atoms with van der Waals surface area (Å²) in [5, 5.41) is 5.33. The number of carbonyl (C=O) groups excluding carboxylic acids is 4. The first-order valence-corrected chi connectivity index (χ1v) is 9.85. The Labute approximate surface area is 176 Å². The van der Waals surface area contributed by atoms with Gasteiger partial charge < -0.3 is 15.8 Å². The van der Waals surface area contributed by atoms with Crippen LogP contribution in [0.3, 0.4) is 0 Å². The number of nitrogens with two attached hydrogens (primary N) is 1. The summed E-state index contributed by atoms with van der Waals surface area (Å²) in [5.74, 6) is -2.12. The number of benzene rings is 1. The zero-order valence-electron chi connectivity index (χ0n) is 16.6. The summed E-state index contributed by atoms with van der Waals surface area (Å²) in [4.78, 5) is 50.6.